The molecule has 4 aromatic rings. The molecule has 0 heterocycles. The first kappa shape index (κ1) is 62.1. The summed E-state index contributed by atoms with van der Waals surface area (Å²) in [6.07, 6.45) is -9.67. The number of carbonyl (C=O) groups excluding carboxylic acids is 4. The zero-order valence-corrected chi connectivity index (χ0v) is 39.6. The predicted octanol–water partition coefficient (Wildman–Crippen LogP) is 3.26. The maximum Gasteiger partial charge on any atom is 0.338 e. The van der Waals surface area contributed by atoms with Crippen LogP contribution in [0, 0.1) is 40.5 Å². The van der Waals surface area contributed by atoms with E-state index < -0.39 is 92.4 Å². The largest absolute Gasteiger partial charge is 0.467 e. The lowest BCUT2D eigenvalue weighted by Gasteiger charge is -2.19. The van der Waals surface area contributed by atoms with E-state index in [9.17, 15) is 80.1 Å². The van der Waals surface area contributed by atoms with Crippen molar-refractivity contribution in [1.82, 2.24) is 0 Å². The van der Waals surface area contributed by atoms with Gasteiger partial charge in [-0.3, -0.25) is 40.5 Å². The van der Waals surface area contributed by atoms with Gasteiger partial charge < -0.3 is 58.3 Å². The quantitative estimate of drug-likeness (QED) is 0.0427. The summed E-state index contributed by atoms with van der Waals surface area (Å²) >= 11 is 0. The first-order chi connectivity index (χ1) is 34.0. The Hall–Kier alpha value is -7.96. The molecule has 0 bridgehead atoms. The summed E-state index contributed by atoms with van der Waals surface area (Å²) in [5, 5.41) is 81.5. The Labute approximate surface area is 408 Å². The maximum atomic E-state index is 11.3. The number of nitro benzene ring substituents is 4. The third-order valence-corrected chi connectivity index (χ3v) is 9.68. The van der Waals surface area contributed by atoms with Crippen molar-refractivity contribution in [2.45, 2.75) is 48.8 Å². The van der Waals surface area contributed by atoms with Gasteiger partial charge in [0.15, 0.2) is 24.4 Å². The minimum absolute atomic E-state index is 0.0991. The highest BCUT2D eigenvalue weighted by Gasteiger charge is 2.32. The molecule has 0 radical (unpaired) electrons. The number of nitrogens with zero attached hydrogens (tertiary/aromatic N) is 4. The van der Waals surface area contributed by atoms with E-state index in [4.69, 9.17) is 18.9 Å². The molecule has 0 aromatic heterocycles. The average Bonchev–Trinajstić information content (AvgIpc) is 3.39. The zero-order chi connectivity index (χ0) is 54.8. The van der Waals surface area contributed by atoms with Crippen LogP contribution in [0.1, 0.15) is 46.7 Å². The van der Waals surface area contributed by atoms with Gasteiger partial charge in [-0.05, 0) is 70.8 Å². The molecule has 0 amide bonds. The van der Waals surface area contributed by atoms with Gasteiger partial charge in [0.05, 0.1) is 48.1 Å². The summed E-state index contributed by atoms with van der Waals surface area (Å²) < 4.78 is 37.3. The van der Waals surface area contributed by atoms with Gasteiger partial charge in [-0.25, -0.2) is 19.2 Å². The van der Waals surface area contributed by atoms with Crippen LogP contribution < -0.4 is 0 Å². The van der Waals surface area contributed by atoms with Crippen LogP contribution >= 0.6 is 0 Å². The number of nitro groups is 4. The van der Waals surface area contributed by atoms with Crippen molar-refractivity contribution in [3.63, 3.8) is 0 Å². The van der Waals surface area contributed by atoms with Gasteiger partial charge in [0, 0.05) is 77.0 Å². The molecule has 392 valence electrons. The van der Waals surface area contributed by atoms with E-state index in [2.05, 4.69) is 18.9 Å². The van der Waals surface area contributed by atoms with Gasteiger partial charge in [0.1, 0.15) is 24.4 Å². The van der Waals surface area contributed by atoms with E-state index >= 15 is 0 Å². The Kier molecular flexibility index (Phi) is 27.0. The molecule has 72 heavy (non-hydrogen) atoms. The number of non-ortho nitro benzene ring substituents is 4. The zero-order valence-electron chi connectivity index (χ0n) is 39.6. The number of ether oxygens (including phenoxy) is 8. The molecule has 0 spiro atoms. The molecular formula is C44H52N4O24. The molecule has 0 unspecified atom stereocenters. The smallest absolute Gasteiger partial charge is 0.338 e. The van der Waals surface area contributed by atoms with Crippen molar-refractivity contribution in [3.05, 3.63) is 160 Å². The molecule has 0 saturated heterocycles. The van der Waals surface area contributed by atoms with E-state index in [1.54, 1.807) is 0 Å². The van der Waals surface area contributed by atoms with Crippen LogP contribution in [0.5, 0.6) is 0 Å². The SMILES string of the molecule is COC(=O)[C@@H](OC)[C@@H](O)c1ccc([N+](=O)[O-])cc1.COC(=O)[C@@H](OC)[C@H](O)c1ccc([N+](=O)[O-])cc1.COC(=O)[C@H](OC)[C@@H](O)c1ccc([N+](=O)[O-])cc1.COC(=O)[C@H](OC)[C@H](O)c1ccc([N+](=O)[O-])cc1. The van der Waals surface area contributed by atoms with Crippen LogP contribution in [0.3, 0.4) is 0 Å². The molecule has 4 aromatic carbocycles. The second kappa shape index (κ2) is 31.3. The molecule has 8 atom stereocenters. The first-order valence-corrected chi connectivity index (χ1v) is 20.2. The van der Waals surface area contributed by atoms with Crippen LogP contribution in [-0.4, -0.2) is 145 Å². The fourth-order valence-electron chi connectivity index (χ4n) is 5.75. The highest BCUT2D eigenvalue weighted by Crippen LogP contribution is 2.26. The number of rotatable bonds is 20. The molecule has 28 nitrogen and oxygen atoms in total. The van der Waals surface area contributed by atoms with Gasteiger partial charge in [-0.2, -0.15) is 0 Å². The Bertz CT molecular complexity index is 2050. The molecular weight excluding hydrogens is 968 g/mol. The van der Waals surface area contributed by atoms with Crippen molar-refractivity contribution in [3.8, 4) is 0 Å². The van der Waals surface area contributed by atoms with Crippen LogP contribution in [0.2, 0.25) is 0 Å². The molecule has 0 fully saturated rings. The Morgan fingerprint density at radius 1 is 0.333 bits per heavy atom. The molecule has 28 heteroatoms. The van der Waals surface area contributed by atoms with Crippen molar-refractivity contribution in [1.29, 1.82) is 0 Å². The fraction of sp³-hybridized carbons (Fsp3) is 0.364. The van der Waals surface area contributed by atoms with Gasteiger partial charge >= 0.3 is 23.9 Å². The lowest BCUT2D eigenvalue weighted by molar-refractivity contribution is -0.385. The maximum absolute atomic E-state index is 11.3. The highest BCUT2D eigenvalue weighted by molar-refractivity contribution is 5.77. The van der Waals surface area contributed by atoms with Gasteiger partial charge in [-0.1, -0.05) is 0 Å². The Balaban J connectivity index is 0.000000480. The number of methoxy groups -OCH3 is 8. The number of aliphatic hydroxyl groups excluding tert-OH is 4. The Morgan fingerprint density at radius 2 is 0.472 bits per heavy atom. The van der Waals surface area contributed by atoms with Gasteiger partial charge in [0.25, 0.3) is 22.7 Å². The number of aliphatic hydroxyl groups is 4. The predicted molar refractivity (Wildman–Crippen MR) is 243 cm³/mol. The second-order valence-corrected chi connectivity index (χ2v) is 13.9. The normalized spacial score (nSPS) is 13.7. The number of benzene rings is 4. The Morgan fingerprint density at radius 3 is 0.569 bits per heavy atom. The van der Waals surface area contributed by atoms with Crippen molar-refractivity contribution in [2.24, 2.45) is 0 Å². The second-order valence-electron chi connectivity index (χ2n) is 13.9. The van der Waals surface area contributed by atoms with Gasteiger partial charge in [-0.15, -0.1) is 0 Å². The van der Waals surface area contributed by atoms with E-state index in [-0.39, 0.29) is 22.7 Å². The van der Waals surface area contributed by atoms with Crippen LogP contribution in [0.4, 0.5) is 22.7 Å². The minimum atomic E-state index is -1.25. The molecule has 0 aliphatic carbocycles. The summed E-state index contributed by atoms with van der Waals surface area (Å²) in [6, 6.07) is 20.8. The van der Waals surface area contributed by atoms with Crippen molar-refractivity contribution < 1.29 is 97.2 Å². The first-order valence-electron chi connectivity index (χ1n) is 20.2. The van der Waals surface area contributed by atoms with Gasteiger partial charge in [0.2, 0.25) is 0 Å². The summed E-state index contributed by atoms with van der Waals surface area (Å²) in [5.74, 6) is -2.88. The monoisotopic (exact) mass is 1020 g/mol. The number of hydrogen-bond donors (Lipinski definition) is 4. The topological polar surface area (TPSA) is 396 Å². The lowest BCUT2D eigenvalue weighted by Crippen LogP contribution is -2.31. The average molecular weight is 1020 g/mol. The fourth-order valence-corrected chi connectivity index (χ4v) is 5.75. The summed E-state index contributed by atoms with van der Waals surface area (Å²) in [6.45, 7) is 0. The minimum Gasteiger partial charge on any atom is -0.467 e. The van der Waals surface area contributed by atoms with Crippen LogP contribution in [0.15, 0.2) is 97.1 Å². The van der Waals surface area contributed by atoms with Crippen molar-refractivity contribution in [2.75, 3.05) is 56.9 Å². The molecule has 0 saturated carbocycles. The van der Waals surface area contributed by atoms with Crippen molar-refractivity contribution >= 4 is 46.6 Å². The van der Waals surface area contributed by atoms with Crippen LogP contribution in [0.25, 0.3) is 0 Å². The van der Waals surface area contributed by atoms with Crippen LogP contribution in [-0.2, 0) is 57.1 Å². The number of hydrogen-bond acceptors (Lipinski definition) is 24. The molecule has 0 aliphatic heterocycles. The lowest BCUT2D eigenvalue weighted by atomic mass is 10.0. The molecule has 4 N–H and O–H groups in total. The third kappa shape index (κ3) is 18.4. The summed E-state index contributed by atoms with van der Waals surface area (Å²) in [4.78, 5) is 84.9. The number of esters is 4. The summed E-state index contributed by atoms with van der Waals surface area (Å²) in [7, 11) is 9.75. The third-order valence-electron chi connectivity index (χ3n) is 9.68. The number of carbonyl (C=O) groups is 4. The van der Waals surface area contributed by atoms with E-state index in [0.29, 0.717) is 22.3 Å². The summed E-state index contributed by atoms with van der Waals surface area (Å²) in [5.41, 5.74) is 0.929. The highest BCUT2D eigenvalue weighted by atomic mass is 16.6. The standard InChI is InChI=1S/4C11H13NO6/c4*1-17-10(11(14)18-2)9(13)7-3-5-8(6-4-7)12(15)16/h4*3-6,9-10,13H,1-2H3/t2*9-,10+;2*9-,10-/m1010/s1. The van der Waals surface area contributed by atoms with E-state index in [1.807, 2.05) is 0 Å². The van der Waals surface area contributed by atoms with E-state index in [1.165, 1.54) is 154 Å². The molecule has 4 rings (SSSR count). The van der Waals surface area contributed by atoms with E-state index in [0.717, 1.165) is 0 Å². The molecule has 0 aliphatic rings.